The molecule has 4 heteroatoms. The van der Waals surface area contributed by atoms with Gasteiger partial charge in [-0.25, -0.2) is 0 Å². The average Bonchev–Trinajstić information content (AvgIpc) is 2.78. The molecule has 1 aromatic heterocycles. The fourth-order valence-electron chi connectivity index (χ4n) is 2.71. The van der Waals surface area contributed by atoms with Gasteiger partial charge in [-0.3, -0.25) is 4.79 Å². The van der Waals surface area contributed by atoms with Gasteiger partial charge in [-0.1, -0.05) is 13.8 Å². The van der Waals surface area contributed by atoms with Gasteiger partial charge in [-0.15, -0.1) is 11.3 Å². The van der Waals surface area contributed by atoms with Gasteiger partial charge >= 0.3 is 0 Å². The lowest BCUT2D eigenvalue weighted by atomic mass is 9.69. The van der Waals surface area contributed by atoms with E-state index >= 15 is 0 Å². The average molecular weight is 345 g/mol. The molecule has 1 fully saturated rings. The van der Waals surface area contributed by atoms with Crippen LogP contribution in [0.5, 0.6) is 0 Å². The van der Waals surface area contributed by atoms with E-state index in [9.17, 15) is 4.79 Å². The van der Waals surface area contributed by atoms with Crippen molar-refractivity contribution in [3.8, 4) is 0 Å². The third kappa shape index (κ3) is 3.11. The Morgan fingerprint density at radius 1 is 1.37 bits per heavy atom. The zero-order chi connectivity index (χ0) is 14.1. The summed E-state index contributed by atoms with van der Waals surface area (Å²) in [6.07, 6.45) is 3.75. The molecule has 106 valence electrons. The third-order valence-electron chi connectivity index (χ3n) is 4.07. The molecule has 0 amide bonds. The molecule has 1 saturated carbocycles. The number of halogens is 1. The van der Waals surface area contributed by atoms with E-state index in [-0.39, 0.29) is 5.78 Å². The maximum Gasteiger partial charge on any atom is 0.205 e. The molecule has 0 aliphatic heterocycles. The van der Waals surface area contributed by atoms with Crippen molar-refractivity contribution in [2.45, 2.75) is 52.1 Å². The fraction of sp³-hybridized carbons (Fsp3) is 0.667. The first-order valence-electron chi connectivity index (χ1n) is 6.82. The molecular weight excluding hydrogens is 324 g/mol. The molecule has 1 heterocycles. The van der Waals surface area contributed by atoms with Crippen molar-refractivity contribution in [2.75, 3.05) is 6.61 Å². The molecule has 0 saturated heterocycles. The Hall–Kier alpha value is -0.190. The molecule has 19 heavy (non-hydrogen) atoms. The van der Waals surface area contributed by atoms with Crippen LogP contribution >= 0.6 is 27.3 Å². The number of carbonyl (C=O) groups is 1. The van der Waals surface area contributed by atoms with Crippen molar-refractivity contribution in [2.24, 2.45) is 5.41 Å². The number of ether oxygens (including phenoxy) is 1. The highest BCUT2D eigenvalue weighted by molar-refractivity contribution is 9.10. The Morgan fingerprint density at radius 3 is 2.47 bits per heavy atom. The van der Waals surface area contributed by atoms with Crippen LogP contribution in [0.1, 0.15) is 56.1 Å². The van der Waals surface area contributed by atoms with Crippen molar-refractivity contribution in [3.05, 3.63) is 20.8 Å². The normalized spacial score (nSPS) is 21.3. The maximum atomic E-state index is 12.9. The van der Waals surface area contributed by atoms with E-state index in [0.29, 0.717) is 12.0 Å². The predicted molar refractivity (Wildman–Crippen MR) is 83.0 cm³/mol. The van der Waals surface area contributed by atoms with E-state index < -0.39 is 5.60 Å². The van der Waals surface area contributed by atoms with Gasteiger partial charge in [0.25, 0.3) is 0 Å². The van der Waals surface area contributed by atoms with Crippen LogP contribution in [0.2, 0.25) is 0 Å². The number of rotatable bonds is 4. The van der Waals surface area contributed by atoms with Gasteiger partial charge in [-0.2, -0.15) is 0 Å². The van der Waals surface area contributed by atoms with Gasteiger partial charge < -0.3 is 4.74 Å². The van der Waals surface area contributed by atoms with Crippen molar-refractivity contribution >= 4 is 33.0 Å². The first-order chi connectivity index (χ1) is 8.90. The standard InChI is InChI=1S/C15H21BrO2S/c1-4-18-15(8-6-14(2,3)7-9-15)13(17)12-11(16)5-10-19-12/h5,10H,4,6-9H2,1-3H3. The number of Topliss-reactive ketones (excluding diaryl/α,β-unsaturated/α-hetero) is 1. The summed E-state index contributed by atoms with van der Waals surface area (Å²) in [5, 5.41) is 1.95. The third-order valence-corrected chi connectivity index (χ3v) is 5.91. The number of hydrogen-bond acceptors (Lipinski definition) is 3. The summed E-state index contributed by atoms with van der Waals surface area (Å²) in [4.78, 5) is 13.7. The summed E-state index contributed by atoms with van der Waals surface area (Å²) in [5.74, 6) is 0.159. The summed E-state index contributed by atoms with van der Waals surface area (Å²) in [6, 6.07) is 1.93. The first-order valence-corrected chi connectivity index (χ1v) is 8.49. The van der Waals surface area contributed by atoms with Crippen LogP contribution in [-0.2, 0) is 4.74 Å². The molecule has 0 bridgehead atoms. The maximum absolute atomic E-state index is 12.9. The second-order valence-corrected chi connectivity index (χ2v) is 7.79. The summed E-state index contributed by atoms with van der Waals surface area (Å²) < 4.78 is 6.84. The van der Waals surface area contributed by atoms with Crippen LogP contribution in [0.25, 0.3) is 0 Å². The molecule has 0 unspecified atom stereocenters. The van der Waals surface area contributed by atoms with Crippen molar-refractivity contribution in [1.29, 1.82) is 0 Å². The van der Waals surface area contributed by atoms with E-state index in [4.69, 9.17) is 4.74 Å². The Kier molecular flexibility index (Phi) is 4.53. The smallest absolute Gasteiger partial charge is 0.205 e. The zero-order valence-electron chi connectivity index (χ0n) is 11.8. The quantitative estimate of drug-likeness (QED) is 0.712. The van der Waals surface area contributed by atoms with E-state index in [1.165, 1.54) is 11.3 Å². The Labute approximate surface area is 127 Å². The van der Waals surface area contributed by atoms with Crippen LogP contribution in [0.3, 0.4) is 0 Å². The van der Waals surface area contributed by atoms with E-state index in [0.717, 1.165) is 35.0 Å². The SMILES string of the molecule is CCOC1(C(=O)c2sccc2Br)CCC(C)(C)CC1. The zero-order valence-corrected chi connectivity index (χ0v) is 14.2. The summed E-state index contributed by atoms with van der Waals surface area (Å²) >= 11 is 4.96. The molecule has 0 atom stereocenters. The molecule has 2 rings (SSSR count). The second-order valence-electron chi connectivity index (χ2n) is 6.02. The highest BCUT2D eigenvalue weighted by Crippen LogP contribution is 2.44. The Morgan fingerprint density at radius 2 is 2.00 bits per heavy atom. The number of thiophene rings is 1. The number of carbonyl (C=O) groups excluding carboxylic acids is 1. The molecule has 0 aromatic carbocycles. The summed E-state index contributed by atoms with van der Waals surface area (Å²) in [6.45, 7) is 7.11. The molecule has 1 aliphatic rings. The van der Waals surface area contributed by atoms with Crippen LogP contribution in [-0.4, -0.2) is 18.0 Å². The highest BCUT2D eigenvalue weighted by Gasteiger charge is 2.45. The molecular formula is C15H21BrO2S. The molecule has 0 N–H and O–H groups in total. The van der Waals surface area contributed by atoms with Crippen LogP contribution < -0.4 is 0 Å². The Balaban J connectivity index is 2.26. The van der Waals surface area contributed by atoms with E-state index in [1.54, 1.807) is 0 Å². The second kappa shape index (κ2) is 5.66. The van der Waals surface area contributed by atoms with Crippen molar-refractivity contribution in [1.82, 2.24) is 0 Å². The number of hydrogen-bond donors (Lipinski definition) is 0. The van der Waals surface area contributed by atoms with Gasteiger partial charge in [0, 0.05) is 11.1 Å². The molecule has 1 aromatic rings. The minimum absolute atomic E-state index is 0.159. The van der Waals surface area contributed by atoms with Crippen LogP contribution in [0, 0.1) is 5.41 Å². The van der Waals surface area contributed by atoms with Gasteiger partial charge in [0.1, 0.15) is 5.60 Å². The van der Waals surface area contributed by atoms with Gasteiger partial charge in [0.05, 0.1) is 4.88 Å². The molecule has 1 aliphatic carbocycles. The lowest BCUT2D eigenvalue weighted by Crippen LogP contribution is -2.46. The summed E-state index contributed by atoms with van der Waals surface area (Å²) in [5.41, 5.74) is -0.273. The summed E-state index contributed by atoms with van der Waals surface area (Å²) in [7, 11) is 0. The fourth-order valence-corrected chi connectivity index (χ4v) is 4.29. The predicted octanol–water partition coefficient (Wildman–Crippen LogP) is 5.07. The molecule has 0 radical (unpaired) electrons. The lowest BCUT2D eigenvalue weighted by molar-refractivity contribution is -0.0578. The lowest BCUT2D eigenvalue weighted by Gasteiger charge is -2.42. The Bertz CT molecular complexity index is 454. The number of ketones is 1. The van der Waals surface area contributed by atoms with Gasteiger partial charge in [0.15, 0.2) is 0 Å². The minimum Gasteiger partial charge on any atom is -0.367 e. The topological polar surface area (TPSA) is 26.3 Å². The molecule has 0 spiro atoms. The van der Waals surface area contributed by atoms with E-state index in [1.807, 2.05) is 18.4 Å². The molecule has 2 nitrogen and oxygen atoms in total. The minimum atomic E-state index is -0.600. The first kappa shape index (κ1) is 15.2. The van der Waals surface area contributed by atoms with Gasteiger partial charge in [-0.05, 0) is 65.4 Å². The van der Waals surface area contributed by atoms with E-state index in [2.05, 4.69) is 29.8 Å². The van der Waals surface area contributed by atoms with Crippen molar-refractivity contribution < 1.29 is 9.53 Å². The monoisotopic (exact) mass is 344 g/mol. The van der Waals surface area contributed by atoms with Crippen LogP contribution in [0.15, 0.2) is 15.9 Å². The van der Waals surface area contributed by atoms with Crippen molar-refractivity contribution in [3.63, 3.8) is 0 Å². The largest absolute Gasteiger partial charge is 0.367 e. The van der Waals surface area contributed by atoms with Gasteiger partial charge in [0.2, 0.25) is 5.78 Å². The van der Waals surface area contributed by atoms with Crippen LogP contribution in [0.4, 0.5) is 0 Å². The highest BCUT2D eigenvalue weighted by atomic mass is 79.9.